The second kappa shape index (κ2) is 3.98. The summed E-state index contributed by atoms with van der Waals surface area (Å²) in [4.78, 5) is 11.8. The molecule has 0 amide bonds. The van der Waals surface area contributed by atoms with Crippen LogP contribution in [0.1, 0.15) is 16.1 Å². The van der Waals surface area contributed by atoms with Crippen molar-refractivity contribution in [1.29, 1.82) is 0 Å². The first kappa shape index (κ1) is 10.1. The van der Waals surface area contributed by atoms with Crippen LogP contribution < -0.4 is 0 Å². The van der Waals surface area contributed by atoms with Gasteiger partial charge in [0.05, 0.1) is 10.7 Å². The van der Waals surface area contributed by atoms with Crippen molar-refractivity contribution >= 4 is 21.7 Å². The van der Waals surface area contributed by atoms with E-state index < -0.39 is 5.82 Å². The largest absolute Gasteiger partial charge is 0.460 e. The Kier molecular flexibility index (Phi) is 2.68. The minimum Gasteiger partial charge on any atom is -0.460 e. The number of halogens is 2. The lowest BCUT2D eigenvalue weighted by Crippen LogP contribution is -2.00. The third-order valence-electron chi connectivity index (χ3n) is 1.91. The number of benzene rings is 1. The Morgan fingerprint density at radius 3 is 2.73 bits per heavy atom. The van der Waals surface area contributed by atoms with Gasteiger partial charge in [0.15, 0.2) is 5.76 Å². The summed E-state index contributed by atoms with van der Waals surface area (Å²) in [6.45, 7) is 0. The lowest BCUT2D eigenvalue weighted by atomic mass is 10.1. The molecule has 0 saturated heterocycles. The standard InChI is InChI=1S/C11H6BrFO2/c12-9-4-5-15-11(9)10(14)7-2-1-3-8(13)6-7/h1-6H. The zero-order valence-corrected chi connectivity index (χ0v) is 9.12. The molecular weight excluding hydrogens is 263 g/mol. The van der Waals surface area contributed by atoms with Crippen LogP contribution in [0.5, 0.6) is 0 Å². The predicted octanol–water partition coefficient (Wildman–Crippen LogP) is 3.41. The molecule has 2 aromatic rings. The first-order chi connectivity index (χ1) is 7.18. The zero-order chi connectivity index (χ0) is 10.8. The van der Waals surface area contributed by atoms with E-state index in [0.717, 1.165) is 0 Å². The maximum Gasteiger partial charge on any atom is 0.229 e. The average molecular weight is 269 g/mol. The summed E-state index contributed by atoms with van der Waals surface area (Å²) in [6, 6.07) is 7.11. The van der Waals surface area contributed by atoms with Crippen LogP contribution in [0.2, 0.25) is 0 Å². The molecule has 1 aromatic heterocycles. The van der Waals surface area contributed by atoms with E-state index in [4.69, 9.17) is 4.42 Å². The van der Waals surface area contributed by atoms with Crippen LogP contribution >= 0.6 is 15.9 Å². The number of furan rings is 1. The fourth-order valence-electron chi connectivity index (χ4n) is 1.22. The highest BCUT2D eigenvalue weighted by Gasteiger charge is 2.16. The van der Waals surface area contributed by atoms with Gasteiger partial charge in [-0.05, 0) is 34.1 Å². The van der Waals surface area contributed by atoms with Gasteiger partial charge < -0.3 is 4.42 Å². The topological polar surface area (TPSA) is 30.2 Å². The van der Waals surface area contributed by atoms with Crippen LogP contribution in [0.4, 0.5) is 4.39 Å². The fraction of sp³-hybridized carbons (Fsp3) is 0. The molecule has 0 fully saturated rings. The molecular formula is C11H6BrFO2. The summed E-state index contributed by atoms with van der Waals surface area (Å²) >= 11 is 3.17. The van der Waals surface area contributed by atoms with E-state index in [1.54, 1.807) is 12.1 Å². The molecule has 0 N–H and O–H groups in total. The number of carbonyl (C=O) groups excluding carboxylic acids is 1. The number of ketones is 1. The van der Waals surface area contributed by atoms with Gasteiger partial charge in [-0.3, -0.25) is 4.79 Å². The van der Waals surface area contributed by atoms with E-state index in [9.17, 15) is 9.18 Å². The van der Waals surface area contributed by atoms with Gasteiger partial charge in [0.25, 0.3) is 0 Å². The molecule has 15 heavy (non-hydrogen) atoms. The molecule has 0 atom stereocenters. The van der Waals surface area contributed by atoms with Crippen LogP contribution in [0.15, 0.2) is 45.5 Å². The Morgan fingerprint density at radius 1 is 1.33 bits per heavy atom. The molecule has 2 nitrogen and oxygen atoms in total. The van der Waals surface area contributed by atoms with Crippen molar-refractivity contribution in [2.75, 3.05) is 0 Å². The van der Waals surface area contributed by atoms with Crippen molar-refractivity contribution in [1.82, 2.24) is 0 Å². The van der Waals surface area contributed by atoms with E-state index in [2.05, 4.69) is 15.9 Å². The molecule has 76 valence electrons. The Hall–Kier alpha value is -1.42. The van der Waals surface area contributed by atoms with Gasteiger partial charge in [0.1, 0.15) is 5.82 Å². The highest BCUT2D eigenvalue weighted by Crippen LogP contribution is 2.21. The number of hydrogen-bond acceptors (Lipinski definition) is 2. The van der Waals surface area contributed by atoms with Crippen molar-refractivity contribution in [3.8, 4) is 0 Å². The summed E-state index contributed by atoms with van der Waals surface area (Å²) < 4.78 is 18.4. The molecule has 1 heterocycles. The number of hydrogen-bond donors (Lipinski definition) is 0. The third kappa shape index (κ3) is 1.99. The Bertz CT molecular complexity index is 505. The first-order valence-electron chi connectivity index (χ1n) is 4.22. The SMILES string of the molecule is O=C(c1cccc(F)c1)c1occc1Br. The van der Waals surface area contributed by atoms with E-state index >= 15 is 0 Å². The second-order valence-corrected chi connectivity index (χ2v) is 3.79. The molecule has 0 bridgehead atoms. The Balaban J connectivity index is 2.41. The van der Waals surface area contributed by atoms with Crippen LogP contribution in [0.3, 0.4) is 0 Å². The maximum absolute atomic E-state index is 12.9. The van der Waals surface area contributed by atoms with Crippen molar-refractivity contribution < 1.29 is 13.6 Å². The van der Waals surface area contributed by atoms with Gasteiger partial charge in [-0.2, -0.15) is 0 Å². The highest BCUT2D eigenvalue weighted by atomic mass is 79.9. The van der Waals surface area contributed by atoms with E-state index in [0.29, 0.717) is 4.47 Å². The summed E-state index contributed by atoms with van der Waals surface area (Å²) in [7, 11) is 0. The van der Waals surface area contributed by atoms with Crippen molar-refractivity contribution in [2.45, 2.75) is 0 Å². The average Bonchev–Trinajstić information content (AvgIpc) is 2.63. The van der Waals surface area contributed by atoms with Gasteiger partial charge in [-0.25, -0.2) is 4.39 Å². The van der Waals surface area contributed by atoms with Gasteiger partial charge in [-0.1, -0.05) is 12.1 Å². The van der Waals surface area contributed by atoms with Crippen molar-refractivity contribution in [3.05, 3.63) is 58.2 Å². The molecule has 0 aliphatic heterocycles. The molecule has 0 aliphatic carbocycles. The van der Waals surface area contributed by atoms with Gasteiger partial charge in [0.2, 0.25) is 5.78 Å². The number of rotatable bonds is 2. The van der Waals surface area contributed by atoms with Crippen molar-refractivity contribution in [3.63, 3.8) is 0 Å². The monoisotopic (exact) mass is 268 g/mol. The highest BCUT2D eigenvalue weighted by molar-refractivity contribution is 9.10. The van der Waals surface area contributed by atoms with Gasteiger partial charge >= 0.3 is 0 Å². The van der Waals surface area contributed by atoms with Crippen LogP contribution in [-0.4, -0.2) is 5.78 Å². The zero-order valence-electron chi connectivity index (χ0n) is 7.54. The van der Waals surface area contributed by atoms with E-state index in [-0.39, 0.29) is 17.1 Å². The van der Waals surface area contributed by atoms with E-state index in [1.807, 2.05) is 0 Å². The number of carbonyl (C=O) groups is 1. The first-order valence-corrected chi connectivity index (χ1v) is 5.01. The third-order valence-corrected chi connectivity index (χ3v) is 2.53. The quantitative estimate of drug-likeness (QED) is 0.782. The van der Waals surface area contributed by atoms with E-state index in [1.165, 1.54) is 24.5 Å². The van der Waals surface area contributed by atoms with Gasteiger partial charge in [0, 0.05) is 5.56 Å². The van der Waals surface area contributed by atoms with Crippen LogP contribution in [0, 0.1) is 5.82 Å². The molecule has 0 saturated carbocycles. The van der Waals surface area contributed by atoms with Crippen molar-refractivity contribution in [2.24, 2.45) is 0 Å². The normalized spacial score (nSPS) is 10.3. The minimum absolute atomic E-state index is 0.181. The lowest BCUT2D eigenvalue weighted by Gasteiger charge is -1.98. The molecule has 2 rings (SSSR count). The molecule has 1 aromatic carbocycles. The van der Waals surface area contributed by atoms with Crippen LogP contribution in [0.25, 0.3) is 0 Å². The Labute approximate surface area is 93.8 Å². The molecule has 4 heteroatoms. The molecule has 0 unspecified atom stereocenters. The smallest absolute Gasteiger partial charge is 0.229 e. The Morgan fingerprint density at radius 2 is 2.13 bits per heavy atom. The minimum atomic E-state index is -0.441. The molecule has 0 spiro atoms. The van der Waals surface area contributed by atoms with Gasteiger partial charge in [-0.15, -0.1) is 0 Å². The second-order valence-electron chi connectivity index (χ2n) is 2.94. The summed E-state index contributed by atoms with van der Waals surface area (Å²) in [5.74, 6) is -0.601. The fourth-order valence-corrected chi connectivity index (χ4v) is 1.60. The molecule has 0 radical (unpaired) electrons. The summed E-state index contributed by atoms with van der Waals surface area (Å²) in [5, 5.41) is 0. The summed E-state index contributed by atoms with van der Waals surface area (Å²) in [5.41, 5.74) is 0.269. The summed E-state index contributed by atoms with van der Waals surface area (Å²) in [6.07, 6.45) is 1.40. The lowest BCUT2D eigenvalue weighted by molar-refractivity contribution is 0.101. The molecule has 0 aliphatic rings. The van der Waals surface area contributed by atoms with Crippen LogP contribution in [-0.2, 0) is 0 Å². The maximum atomic E-state index is 12.9. The predicted molar refractivity (Wildman–Crippen MR) is 56.2 cm³/mol.